The van der Waals surface area contributed by atoms with Gasteiger partial charge in [0.1, 0.15) is 11.8 Å². The van der Waals surface area contributed by atoms with Crippen molar-refractivity contribution in [3.63, 3.8) is 0 Å². The molecule has 0 aliphatic heterocycles. The maximum Gasteiger partial charge on any atom is 0.305 e. The van der Waals surface area contributed by atoms with Gasteiger partial charge in [0.2, 0.25) is 5.91 Å². The van der Waals surface area contributed by atoms with Crippen LogP contribution in [-0.4, -0.2) is 36.0 Å². The van der Waals surface area contributed by atoms with Gasteiger partial charge in [0, 0.05) is 11.6 Å². The molecule has 142 valence electrons. The van der Waals surface area contributed by atoms with Crippen LogP contribution in [0.15, 0.2) is 54.6 Å². The molecule has 3 N–H and O–H groups in total. The molecular formula is C20H22N2O5. The summed E-state index contributed by atoms with van der Waals surface area (Å²) in [4.78, 5) is 36.0. The van der Waals surface area contributed by atoms with E-state index in [-0.39, 0.29) is 6.42 Å². The number of hydrogen-bond acceptors (Lipinski definition) is 4. The van der Waals surface area contributed by atoms with E-state index >= 15 is 0 Å². The second-order valence-corrected chi connectivity index (χ2v) is 6.05. The molecule has 2 rings (SSSR count). The largest absolute Gasteiger partial charge is 0.497 e. The standard InChI is InChI=1S/C20H22N2O5/c1-13(12-17(23)24)21-20(26)18(14-6-4-3-5-7-14)22-19(25)15-8-10-16(27-2)11-9-15/h3-11,13,18H,12H2,1-2H3,(H,21,26)(H,22,25)(H,23,24). The van der Waals surface area contributed by atoms with Gasteiger partial charge in [0.05, 0.1) is 13.5 Å². The molecule has 2 aromatic carbocycles. The molecule has 0 bridgehead atoms. The molecule has 0 fully saturated rings. The van der Waals surface area contributed by atoms with Gasteiger partial charge in [0.25, 0.3) is 5.91 Å². The van der Waals surface area contributed by atoms with Crippen LogP contribution in [0.3, 0.4) is 0 Å². The van der Waals surface area contributed by atoms with Crippen molar-refractivity contribution < 1.29 is 24.2 Å². The fourth-order valence-corrected chi connectivity index (χ4v) is 2.54. The third kappa shape index (κ3) is 5.85. The molecule has 0 saturated carbocycles. The number of hydrogen-bond donors (Lipinski definition) is 3. The van der Waals surface area contributed by atoms with Crippen LogP contribution in [-0.2, 0) is 9.59 Å². The summed E-state index contributed by atoms with van der Waals surface area (Å²) in [5.74, 6) is -1.29. The number of carboxylic acids is 1. The Kier molecular flexibility index (Phi) is 6.93. The molecular weight excluding hydrogens is 348 g/mol. The first-order valence-electron chi connectivity index (χ1n) is 8.42. The maximum atomic E-state index is 12.7. The van der Waals surface area contributed by atoms with E-state index in [1.54, 1.807) is 61.5 Å². The fraction of sp³-hybridized carbons (Fsp3) is 0.250. The smallest absolute Gasteiger partial charge is 0.305 e. The van der Waals surface area contributed by atoms with Crippen molar-refractivity contribution in [3.8, 4) is 5.75 Å². The Labute approximate surface area is 157 Å². The average molecular weight is 370 g/mol. The number of ether oxygens (including phenoxy) is 1. The summed E-state index contributed by atoms with van der Waals surface area (Å²) in [5.41, 5.74) is 0.975. The highest BCUT2D eigenvalue weighted by Gasteiger charge is 2.25. The third-order valence-electron chi connectivity index (χ3n) is 3.89. The van der Waals surface area contributed by atoms with Crippen molar-refractivity contribution in [1.29, 1.82) is 0 Å². The Balaban J connectivity index is 2.18. The van der Waals surface area contributed by atoms with Crippen LogP contribution in [0.4, 0.5) is 0 Å². The number of carbonyl (C=O) groups is 3. The van der Waals surface area contributed by atoms with Gasteiger partial charge < -0.3 is 20.5 Å². The van der Waals surface area contributed by atoms with Crippen LogP contribution in [0.5, 0.6) is 5.75 Å². The summed E-state index contributed by atoms with van der Waals surface area (Å²) in [5, 5.41) is 14.2. The van der Waals surface area contributed by atoms with E-state index in [1.165, 1.54) is 7.11 Å². The molecule has 0 aromatic heterocycles. The third-order valence-corrected chi connectivity index (χ3v) is 3.89. The molecule has 0 radical (unpaired) electrons. The van der Waals surface area contributed by atoms with Crippen molar-refractivity contribution in [2.75, 3.05) is 7.11 Å². The molecule has 0 saturated heterocycles. The zero-order valence-corrected chi connectivity index (χ0v) is 15.1. The number of methoxy groups -OCH3 is 1. The Bertz CT molecular complexity index is 790. The highest BCUT2D eigenvalue weighted by atomic mass is 16.5. The Morgan fingerprint density at radius 1 is 1.00 bits per heavy atom. The highest BCUT2D eigenvalue weighted by molar-refractivity contribution is 5.98. The lowest BCUT2D eigenvalue weighted by Crippen LogP contribution is -2.44. The van der Waals surface area contributed by atoms with Crippen LogP contribution in [0, 0.1) is 0 Å². The monoisotopic (exact) mass is 370 g/mol. The number of carboxylic acid groups (broad SMARTS) is 1. The van der Waals surface area contributed by atoms with E-state index in [0.29, 0.717) is 16.9 Å². The molecule has 7 nitrogen and oxygen atoms in total. The van der Waals surface area contributed by atoms with Gasteiger partial charge in [-0.05, 0) is 36.8 Å². The van der Waals surface area contributed by atoms with E-state index in [2.05, 4.69) is 10.6 Å². The predicted molar refractivity (Wildman–Crippen MR) is 99.5 cm³/mol. The molecule has 2 unspecified atom stereocenters. The van der Waals surface area contributed by atoms with E-state index in [9.17, 15) is 14.4 Å². The average Bonchev–Trinajstić information content (AvgIpc) is 2.65. The SMILES string of the molecule is COc1ccc(C(=O)NC(C(=O)NC(C)CC(=O)O)c2ccccc2)cc1. The first-order valence-corrected chi connectivity index (χ1v) is 8.42. The number of rotatable bonds is 8. The van der Waals surface area contributed by atoms with Gasteiger partial charge in [0.15, 0.2) is 0 Å². The van der Waals surface area contributed by atoms with Crippen molar-refractivity contribution in [3.05, 3.63) is 65.7 Å². The lowest BCUT2D eigenvalue weighted by atomic mass is 10.0. The highest BCUT2D eigenvalue weighted by Crippen LogP contribution is 2.16. The predicted octanol–water partition coefficient (Wildman–Crippen LogP) is 2.15. The Morgan fingerprint density at radius 2 is 1.63 bits per heavy atom. The summed E-state index contributed by atoms with van der Waals surface area (Å²) in [7, 11) is 1.53. The number of amides is 2. The van der Waals surface area contributed by atoms with Crippen molar-refractivity contribution in [2.45, 2.75) is 25.4 Å². The zero-order valence-electron chi connectivity index (χ0n) is 15.1. The quantitative estimate of drug-likeness (QED) is 0.660. The van der Waals surface area contributed by atoms with Crippen molar-refractivity contribution in [1.82, 2.24) is 10.6 Å². The molecule has 0 aliphatic rings. The van der Waals surface area contributed by atoms with Gasteiger partial charge in [-0.25, -0.2) is 0 Å². The summed E-state index contributed by atoms with van der Waals surface area (Å²) in [6.07, 6.45) is -0.209. The summed E-state index contributed by atoms with van der Waals surface area (Å²) in [6.45, 7) is 1.60. The number of carbonyl (C=O) groups excluding carboxylic acids is 2. The fourth-order valence-electron chi connectivity index (χ4n) is 2.54. The lowest BCUT2D eigenvalue weighted by molar-refractivity contribution is -0.137. The van der Waals surface area contributed by atoms with E-state index < -0.39 is 29.9 Å². The molecule has 0 aliphatic carbocycles. The minimum atomic E-state index is -1.01. The topological polar surface area (TPSA) is 105 Å². The van der Waals surface area contributed by atoms with Crippen LogP contribution in [0.1, 0.15) is 35.3 Å². The summed E-state index contributed by atoms with van der Waals surface area (Å²) < 4.78 is 5.07. The minimum absolute atomic E-state index is 0.209. The van der Waals surface area contributed by atoms with Crippen LogP contribution >= 0.6 is 0 Å². The molecule has 7 heteroatoms. The van der Waals surface area contributed by atoms with E-state index in [1.807, 2.05) is 0 Å². The Hall–Kier alpha value is -3.35. The molecule has 2 amide bonds. The minimum Gasteiger partial charge on any atom is -0.497 e. The van der Waals surface area contributed by atoms with Gasteiger partial charge in [-0.1, -0.05) is 30.3 Å². The second kappa shape index (κ2) is 9.38. The lowest BCUT2D eigenvalue weighted by Gasteiger charge is -2.21. The number of aliphatic carboxylic acids is 1. The number of benzene rings is 2. The van der Waals surface area contributed by atoms with E-state index in [4.69, 9.17) is 9.84 Å². The molecule has 2 aromatic rings. The molecule has 2 atom stereocenters. The number of nitrogens with one attached hydrogen (secondary N) is 2. The zero-order chi connectivity index (χ0) is 19.8. The molecule has 0 heterocycles. The first kappa shape index (κ1) is 20.0. The molecule has 27 heavy (non-hydrogen) atoms. The summed E-state index contributed by atoms with van der Waals surface area (Å²) in [6, 6.07) is 13.8. The van der Waals surface area contributed by atoms with Gasteiger partial charge >= 0.3 is 5.97 Å². The van der Waals surface area contributed by atoms with Crippen molar-refractivity contribution in [2.24, 2.45) is 0 Å². The van der Waals surface area contributed by atoms with Crippen LogP contribution < -0.4 is 15.4 Å². The van der Waals surface area contributed by atoms with Crippen LogP contribution in [0.25, 0.3) is 0 Å². The van der Waals surface area contributed by atoms with Crippen LogP contribution in [0.2, 0.25) is 0 Å². The van der Waals surface area contributed by atoms with Gasteiger partial charge in [-0.15, -0.1) is 0 Å². The first-order chi connectivity index (χ1) is 12.9. The normalized spacial score (nSPS) is 12.5. The molecule has 0 spiro atoms. The second-order valence-electron chi connectivity index (χ2n) is 6.05. The summed E-state index contributed by atoms with van der Waals surface area (Å²) >= 11 is 0. The maximum absolute atomic E-state index is 12.7. The van der Waals surface area contributed by atoms with Crippen molar-refractivity contribution >= 4 is 17.8 Å². The van der Waals surface area contributed by atoms with Gasteiger partial charge in [-0.3, -0.25) is 14.4 Å². The van der Waals surface area contributed by atoms with Gasteiger partial charge in [-0.2, -0.15) is 0 Å². The van der Waals surface area contributed by atoms with E-state index in [0.717, 1.165) is 0 Å². The Morgan fingerprint density at radius 3 is 2.19 bits per heavy atom.